The summed E-state index contributed by atoms with van der Waals surface area (Å²) in [5.74, 6) is 0.0778. The first-order valence-corrected chi connectivity index (χ1v) is 9.68. The third-order valence-electron chi connectivity index (χ3n) is 5.49. The average molecular weight is 363 g/mol. The van der Waals surface area contributed by atoms with Gasteiger partial charge >= 0.3 is 6.03 Å². The van der Waals surface area contributed by atoms with Crippen LogP contribution in [-0.4, -0.2) is 47.9 Å². The molecule has 0 bridgehead atoms. The lowest BCUT2D eigenvalue weighted by atomic mass is 10.1. The molecule has 0 unspecified atom stereocenters. The van der Waals surface area contributed by atoms with Crippen LogP contribution in [0.4, 0.5) is 4.79 Å². The van der Waals surface area contributed by atoms with E-state index in [1.165, 1.54) is 17.5 Å². The van der Waals surface area contributed by atoms with Crippen molar-refractivity contribution in [3.8, 4) is 0 Å². The maximum absolute atomic E-state index is 12.8. The van der Waals surface area contributed by atoms with Gasteiger partial charge in [-0.05, 0) is 48.1 Å². The quantitative estimate of drug-likeness (QED) is 0.912. The van der Waals surface area contributed by atoms with Gasteiger partial charge in [-0.3, -0.25) is 4.79 Å². The van der Waals surface area contributed by atoms with Crippen molar-refractivity contribution in [1.82, 2.24) is 15.1 Å². The zero-order valence-electron chi connectivity index (χ0n) is 15.5. The minimum Gasteiger partial charge on any atom is -0.335 e. The summed E-state index contributed by atoms with van der Waals surface area (Å²) in [6, 6.07) is 15.9. The maximum Gasteiger partial charge on any atom is 0.317 e. The Morgan fingerprint density at radius 1 is 0.852 bits per heavy atom. The highest BCUT2D eigenvalue weighted by atomic mass is 16.2. The number of nitrogens with zero attached hydrogens (tertiary/aromatic N) is 2. The topological polar surface area (TPSA) is 52.7 Å². The van der Waals surface area contributed by atoms with E-state index in [9.17, 15) is 9.59 Å². The van der Waals surface area contributed by atoms with E-state index in [1.54, 1.807) is 4.90 Å². The predicted octanol–water partition coefficient (Wildman–Crippen LogP) is 2.84. The standard InChI is InChI=1S/C22H25N3O2/c26-21(20-10-9-18-7-4-8-19(18)15-20)24-11-13-25(14-12-24)22(27)23-16-17-5-2-1-3-6-17/h1-3,5-6,9-10,15H,4,7-8,11-14,16H2,(H,23,27). The van der Waals surface area contributed by atoms with Crippen molar-refractivity contribution in [2.75, 3.05) is 26.2 Å². The molecule has 1 aliphatic heterocycles. The number of amides is 3. The minimum atomic E-state index is -0.0662. The lowest BCUT2D eigenvalue weighted by Gasteiger charge is -2.34. The van der Waals surface area contributed by atoms with Crippen LogP contribution in [0.1, 0.15) is 33.5 Å². The SMILES string of the molecule is O=C(NCc1ccccc1)N1CCN(C(=O)c2ccc3c(c2)CCC3)CC1. The van der Waals surface area contributed by atoms with Gasteiger partial charge in [-0.25, -0.2) is 4.79 Å². The molecule has 4 rings (SSSR count). The number of urea groups is 1. The largest absolute Gasteiger partial charge is 0.335 e. The summed E-state index contributed by atoms with van der Waals surface area (Å²) >= 11 is 0. The molecule has 1 aliphatic carbocycles. The first kappa shape index (κ1) is 17.6. The van der Waals surface area contributed by atoms with Gasteiger partial charge in [-0.15, -0.1) is 0 Å². The maximum atomic E-state index is 12.8. The van der Waals surface area contributed by atoms with Crippen molar-refractivity contribution in [1.29, 1.82) is 0 Å². The van der Waals surface area contributed by atoms with Gasteiger partial charge in [0.25, 0.3) is 5.91 Å². The number of fused-ring (bicyclic) bond motifs is 1. The fourth-order valence-electron chi connectivity index (χ4n) is 3.89. The second-order valence-corrected chi connectivity index (χ2v) is 7.26. The molecule has 0 radical (unpaired) electrons. The van der Waals surface area contributed by atoms with Gasteiger partial charge in [0.2, 0.25) is 0 Å². The number of carbonyl (C=O) groups excluding carboxylic acids is 2. The Bertz CT molecular complexity index is 827. The first-order valence-electron chi connectivity index (χ1n) is 9.68. The first-order chi connectivity index (χ1) is 13.2. The van der Waals surface area contributed by atoms with Crippen LogP contribution in [0, 0.1) is 0 Å². The molecule has 1 saturated heterocycles. The Hall–Kier alpha value is -2.82. The van der Waals surface area contributed by atoms with Crippen molar-refractivity contribution in [2.45, 2.75) is 25.8 Å². The van der Waals surface area contributed by atoms with Gasteiger partial charge in [0.15, 0.2) is 0 Å². The van der Waals surface area contributed by atoms with E-state index in [2.05, 4.69) is 17.4 Å². The van der Waals surface area contributed by atoms with Crippen molar-refractivity contribution in [2.24, 2.45) is 0 Å². The molecule has 1 N–H and O–H groups in total. The van der Waals surface area contributed by atoms with Crippen LogP contribution in [0.15, 0.2) is 48.5 Å². The summed E-state index contributed by atoms with van der Waals surface area (Å²) in [4.78, 5) is 28.8. The number of hydrogen-bond acceptors (Lipinski definition) is 2. The summed E-state index contributed by atoms with van der Waals surface area (Å²) in [5.41, 5.74) is 4.56. The zero-order valence-corrected chi connectivity index (χ0v) is 15.5. The number of hydrogen-bond donors (Lipinski definition) is 1. The fraction of sp³-hybridized carbons (Fsp3) is 0.364. The number of piperazine rings is 1. The highest BCUT2D eigenvalue weighted by Crippen LogP contribution is 2.23. The summed E-state index contributed by atoms with van der Waals surface area (Å²) < 4.78 is 0. The van der Waals surface area contributed by atoms with E-state index in [0.717, 1.165) is 24.0 Å². The van der Waals surface area contributed by atoms with Gasteiger partial charge in [0.05, 0.1) is 0 Å². The van der Waals surface area contributed by atoms with Crippen LogP contribution in [0.2, 0.25) is 0 Å². The number of rotatable bonds is 3. The minimum absolute atomic E-state index is 0.0662. The lowest BCUT2D eigenvalue weighted by Crippen LogP contribution is -2.53. The summed E-state index contributed by atoms with van der Waals surface area (Å²) in [6.45, 7) is 2.81. The molecule has 140 valence electrons. The third-order valence-corrected chi connectivity index (χ3v) is 5.49. The second kappa shape index (κ2) is 7.82. The highest BCUT2D eigenvalue weighted by Gasteiger charge is 2.25. The molecular weight excluding hydrogens is 338 g/mol. The van der Waals surface area contributed by atoms with Crippen molar-refractivity contribution in [3.63, 3.8) is 0 Å². The third kappa shape index (κ3) is 3.97. The van der Waals surface area contributed by atoms with E-state index in [0.29, 0.717) is 32.7 Å². The molecule has 5 nitrogen and oxygen atoms in total. The van der Waals surface area contributed by atoms with Gasteiger partial charge in [0.1, 0.15) is 0 Å². The number of aryl methyl sites for hydroxylation is 2. The van der Waals surface area contributed by atoms with E-state index in [-0.39, 0.29) is 11.9 Å². The Labute approximate surface area is 160 Å². The van der Waals surface area contributed by atoms with Crippen LogP contribution < -0.4 is 5.32 Å². The smallest absolute Gasteiger partial charge is 0.317 e. The van der Waals surface area contributed by atoms with Crippen LogP contribution in [0.3, 0.4) is 0 Å². The average Bonchev–Trinajstić information content (AvgIpc) is 3.20. The molecule has 1 heterocycles. The zero-order chi connectivity index (χ0) is 18.6. The molecule has 0 spiro atoms. The van der Waals surface area contributed by atoms with Gasteiger partial charge in [-0.2, -0.15) is 0 Å². The molecule has 2 aliphatic rings. The monoisotopic (exact) mass is 363 g/mol. The van der Waals surface area contributed by atoms with E-state index < -0.39 is 0 Å². The van der Waals surface area contributed by atoms with Gasteiger partial charge in [-0.1, -0.05) is 36.4 Å². The van der Waals surface area contributed by atoms with Crippen molar-refractivity contribution < 1.29 is 9.59 Å². The Balaban J connectivity index is 1.29. The number of nitrogens with one attached hydrogen (secondary N) is 1. The molecule has 27 heavy (non-hydrogen) atoms. The van der Waals surface area contributed by atoms with Gasteiger partial charge in [0, 0.05) is 38.3 Å². The molecule has 2 aromatic rings. The molecule has 0 atom stereocenters. The molecule has 0 saturated carbocycles. The van der Waals surface area contributed by atoms with Crippen molar-refractivity contribution in [3.05, 3.63) is 70.8 Å². The number of carbonyl (C=O) groups is 2. The highest BCUT2D eigenvalue weighted by molar-refractivity contribution is 5.94. The Morgan fingerprint density at radius 2 is 1.56 bits per heavy atom. The molecule has 1 fully saturated rings. The summed E-state index contributed by atoms with van der Waals surface area (Å²) in [5, 5.41) is 2.96. The Morgan fingerprint density at radius 3 is 2.33 bits per heavy atom. The molecular formula is C22H25N3O2. The van der Waals surface area contributed by atoms with Crippen LogP contribution in [0.25, 0.3) is 0 Å². The molecule has 5 heteroatoms. The summed E-state index contributed by atoms with van der Waals surface area (Å²) in [7, 11) is 0. The second-order valence-electron chi connectivity index (χ2n) is 7.26. The van der Waals surface area contributed by atoms with E-state index in [4.69, 9.17) is 0 Å². The van der Waals surface area contributed by atoms with Gasteiger partial charge < -0.3 is 15.1 Å². The summed E-state index contributed by atoms with van der Waals surface area (Å²) in [6.07, 6.45) is 3.39. The molecule has 0 aromatic heterocycles. The normalized spacial score (nSPS) is 16.1. The van der Waals surface area contributed by atoms with Crippen LogP contribution >= 0.6 is 0 Å². The van der Waals surface area contributed by atoms with Crippen LogP contribution in [0.5, 0.6) is 0 Å². The fourth-order valence-corrected chi connectivity index (χ4v) is 3.89. The predicted molar refractivity (Wildman–Crippen MR) is 105 cm³/mol. The number of benzene rings is 2. The van der Waals surface area contributed by atoms with E-state index >= 15 is 0 Å². The van der Waals surface area contributed by atoms with Crippen molar-refractivity contribution >= 4 is 11.9 Å². The Kier molecular flexibility index (Phi) is 5.10. The molecule has 3 amide bonds. The lowest BCUT2D eigenvalue weighted by molar-refractivity contribution is 0.0665. The van der Waals surface area contributed by atoms with E-state index in [1.807, 2.05) is 41.3 Å². The molecule has 2 aromatic carbocycles. The van der Waals surface area contributed by atoms with Crippen LogP contribution in [-0.2, 0) is 19.4 Å².